The Balaban J connectivity index is 1.62. The van der Waals surface area contributed by atoms with Crippen LogP contribution in [0.4, 0.5) is 0 Å². The molecule has 6 heteroatoms. The average molecular weight is 347 g/mol. The van der Waals surface area contributed by atoms with E-state index in [0.29, 0.717) is 17.7 Å². The predicted molar refractivity (Wildman–Crippen MR) is 91.9 cm³/mol. The largest absolute Gasteiger partial charge is 0.456 e. The number of hydrogen-bond donors (Lipinski definition) is 0. The highest BCUT2D eigenvalue weighted by atomic mass is 32.2. The van der Waals surface area contributed by atoms with E-state index in [0.717, 1.165) is 17.5 Å². The molecule has 2 saturated heterocycles. The molecule has 24 heavy (non-hydrogen) atoms. The molecule has 0 bridgehead atoms. The summed E-state index contributed by atoms with van der Waals surface area (Å²) in [5.41, 5.74) is 2.67. The summed E-state index contributed by atoms with van der Waals surface area (Å²) in [6.45, 7) is 5.61. The van der Waals surface area contributed by atoms with Crippen LogP contribution < -0.4 is 0 Å². The van der Waals surface area contributed by atoms with Crippen molar-refractivity contribution < 1.29 is 19.1 Å². The second-order valence-corrected chi connectivity index (χ2v) is 8.10. The number of benzene rings is 1. The maximum atomic E-state index is 12.4. The second-order valence-electron chi connectivity index (χ2n) is 6.60. The van der Waals surface area contributed by atoms with Gasteiger partial charge < -0.3 is 9.64 Å². The number of ketones is 1. The highest BCUT2D eigenvalue weighted by Gasteiger charge is 2.53. The molecule has 2 aliphatic rings. The van der Waals surface area contributed by atoms with Gasteiger partial charge in [0, 0.05) is 17.7 Å². The van der Waals surface area contributed by atoms with E-state index in [2.05, 4.69) is 0 Å². The Morgan fingerprint density at radius 1 is 1.33 bits per heavy atom. The van der Waals surface area contributed by atoms with Crippen molar-refractivity contribution in [2.45, 2.75) is 44.5 Å². The third-order valence-corrected chi connectivity index (χ3v) is 6.40. The molecule has 2 aliphatic heterocycles. The van der Waals surface area contributed by atoms with Crippen molar-refractivity contribution in [3.05, 3.63) is 34.9 Å². The molecule has 0 N–H and O–H groups in total. The van der Waals surface area contributed by atoms with Gasteiger partial charge in [-0.1, -0.05) is 12.1 Å². The fraction of sp³-hybridized carbons (Fsp3) is 0.500. The minimum absolute atomic E-state index is 0.00932. The molecule has 2 fully saturated rings. The summed E-state index contributed by atoms with van der Waals surface area (Å²) in [4.78, 5) is 37.9. The van der Waals surface area contributed by atoms with Crippen LogP contribution in [-0.4, -0.2) is 45.8 Å². The smallest absolute Gasteiger partial charge is 0.330 e. The molecular formula is C18H21NO4S. The van der Waals surface area contributed by atoms with E-state index in [-0.39, 0.29) is 23.2 Å². The number of carbonyl (C=O) groups is 3. The third-order valence-electron chi connectivity index (χ3n) is 4.89. The number of aryl methyl sites for hydroxylation is 2. The quantitative estimate of drug-likeness (QED) is 0.618. The van der Waals surface area contributed by atoms with E-state index < -0.39 is 12.0 Å². The lowest BCUT2D eigenvalue weighted by Gasteiger charge is -2.29. The summed E-state index contributed by atoms with van der Waals surface area (Å²) in [7, 11) is 0. The number of amides is 1. The van der Waals surface area contributed by atoms with Crippen molar-refractivity contribution in [1.82, 2.24) is 4.90 Å². The molecule has 0 spiro atoms. The second kappa shape index (κ2) is 6.24. The minimum Gasteiger partial charge on any atom is -0.456 e. The molecule has 0 aliphatic carbocycles. The molecule has 5 nitrogen and oxygen atoms in total. The molecule has 1 amide bonds. The lowest BCUT2D eigenvalue weighted by molar-refractivity contribution is -0.152. The van der Waals surface area contributed by atoms with Gasteiger partial charge in [0.15, 0.2) is 12.4 Å². The molecule has 0 unspecified atom stereocenters. The van der Waals surface area contributed by atoms with Crippen LogP contribution in [0, 0.1) is 13.8 Å². The zero-order chi connectivity index (χ0) is 17.5. The van der Waals surface area contributed by atoms with Crippen molar-refractivity contribution in [3.8, 4) is 0 Å². The summed E-state index contributed by atoms with van der Waals surface area (Å²) in [6.07, 6.45) is 1.22. The molecule has 2 atom stereocenters. The molecule has 128 valence electrons. The van der Waals surface area contributed by atoms with Gasteiger partial charge in [0.25, 0.3) is 0 Å². The van der Waals surface area contributed by atoms with Gasteiger partial charge in [0.2, 0.25) is 5.91 Å². The number of nitrogens with zero attached hydrogens (tertiary/aromatic N) is 1. The van der Waals surface area contributed by atoms with Crippen LogP contribution in [-0.2, 0) is 14.3 Å². The van der Waals surface area contributed by atoms with Crippen LogP contribution in [0.2, 0.25) is 0 Å². The number of Topliss-reactive ketones (excluding diaryl/α,β-unsaturated/α-hetero) is 1. The number of thioether (sulfide) groups is 1. The normalized spacial score (nSPS) is 25.7. The van der Waals surface area contributed by atoms with E-state index >= 15 is 0 Å². The van der Waals surface area contributed by atoms with Crippen LogP contribution >= 0.6 is 11.8 Å². The molecule has 1 aromatic carbocycles. The fourth-order valence-corrected chi connectivity index (χ4v) is 4.64. The van der Waals surface area contributed by atoms with E-state index in [1.807, 2.05) is 26.8 Å². The molecule has 0 aromatic heterocycles. The van der Waals surface area contributed by atoms with Gasteiger partial charge in [-0.2, -0.15) is 0 Å². The van der Waals surface area contributed by atoms with Crippen molar-refractivity contribution >= 4 is 29.4 Å². The Hall–Kier alpha value is -1.82. The van der Waals surface area contributed by atoms with Crippen LogP contribution in [0.5, 0.6) is 0 Å². The zero-order valence-electron chi connectivity index (χ0n) is 14.1. The topological polar surface area (TPSA) is 63.7 Å². The molecule has 3 rings (SSSR count). The van der Waals surface area contributed by atoms with Gasteiger partial charge in [-0.25, -0.2) is 4.79 Å². The van der Waals surface area contributed by atoms with Crippen LogP contribution in [0.15, 0.2) is 18.2 Å². The van der Waals surface area contributed by atoms with Crippen LogP contribution in [0.1, 0.15) is 41.3 Å². The molecule has 0 saturated carbocycles. The highest BCUT2D eigenvalue weighted by Crippen LogP contribution is 2.47. The van der Waals surface area contributed by atoms with Gasteiger partial charge in [0.1, 0.15) is 6.04 Å². The molecule has 2 heterocycles. The first-order valence-electron chi connectivity index (χ1n) is 8.05. The van der Waals surface area contributed by atoms with Gasteiger partial charge in [-0.05, 0) is 44.4 Å². The number of carbonyl (C=O) groups excluding carboxylic acids is 3. The Morgan fingerprint density at radius 3 is 2.79 bits per heavy atom. The maximum Gasteiger partial charge on any atom is 0.330 e. The van der Waals surface area contributed by atoms with E-state index in [9.17, 15) is 14.4 Å². The fourth-order valence-electron chi connectivity index (χ4n) is 3.23. The maximum absolute atomic E-state index is 12.4. The van der Waals surface area contributed by atoms with Crippen LogP contribution in [0.25, 0.3) is 0 Å². The first kappa shape index (κ1) is 17.0. The number of rotatable bonds is 4. The van der Waals surface area contributed by atoms with Crippen molar-refractivity contribution in [2.24, 2.45) is 0 Å². The monoisotopic (exact) mass is 347 g/mol. The van der Waals surface area contributed by atoms with Gasteiger partial charge in [0.05, 0.1) is 4.87 Å². The summed E-state index contributed by atoms with van der Waals surface area (Å²) < 4.78 is 5.22. The van der Waals surface area contributed by atoms with E-state index in [1.165, 1.54) is 0 Å². The first-order chi connectivity index (χ1) is 11.3. The summed E-state index contributed by atoms with van der Waals surface area (Å²) in [5.74, 6) is -0.199. The number of ether oxygens (including phenoxy) is 1. The van der Waals surface area contributed by atoms with Crippen molar-refractivity contribution in [3.63, 3.8) is 0 Å². The van der Waals surface area contributed by atoms with E-state index in [4.69, 9.17) is 4.74 Å². The Kier molecular flexibility index (Phi) is 4.42. The zero-order valence-corrected chi connectivity index (χ0v) is 14.9. The summed E-state index contributed by atoms with van der Waals surface area (Å²) in [6, 6.07) is 4.84. The first-order valence-corrected chi connectivity index (χ1v) is 9.03. The number of hydrogen-bond acceptors (Lipinski definition) is 5. The summed E-state index contributed by atoms with van der Waals surface area (Å²) in [5, 5.41) is 0. The van der Waals surface area contributed by atoms with Gasteiger partial charge in [-0.3, -0.25) is 9.59 Å². The minimum atomic E-state index is -0.581. The Labute approximate surface area is 145 Å². The molecule has 1 aromatic rings. The van der Waals surface area contributed by atoms with Crippen molar-refractivity contribution in [2.75, 3.05) is 12.4 Å². The molecular weight excluding hydrogens is 326 g/mol. The van der Waals surface area contributed by atoms with Crippen molar-refractivity contribution in [1.29, 1.82) is 0 Å². The standard InChI is InChI=1S/C18H21NO4S/c1-11-4-5-13(8-12(11)2)15(20)9-23-17(22)14-10-24-18(3)7-6-16(21)19(14)18/h4-5,8,14H,6-7,9-10H2,1-3H3/t14-,18+/m1/s1. The molecule has 0 radical (unpaired) electrons. The summed E-state index contributed by atoms with van der Waals surface area (Å²) >= 11 is 1.61. The number of fused-ring (bicyclic) bond motifs is 1. The lowest BCUT2D eigenvalue weighted by Crippen LogP contribution is -2.46. The van der Waals surface area contributed by atoms with Crippen LogP contribution in [0.3, 0.4) is 0 Å². The SMILES string of the molecule is Cc1ccc(C(=O)COC(=O)[C@H]2CS[C@@]3(C)CCC(=O)N23)cc1C. The van der Waals surface area contributed by atoms with Gasteiger partial charge in [-0.15, -0.1) is 11.8 Å². The lowest BCUT2D eigenvalue weighted by atomic mass is 10.0. The average Bonchev–Trinajstić information content (AvgIpc) is 3.04. The number of esters is 1. The van der Waals surface area contributed by atoms with E-state index in [1.54, 1.807) is 28.8 Å². The van der Waals surface area contributed by atoms with Gasteiger partial charge >= 0.3 is 5.97 Å². The third kappa shape index (κ3) is 2.95. The predicted octanol–water partition coefficient (Wildman–Crippen LogP) is 2.48. The Bertz CT molecular complexity index is 717. The highest BCUT2D eigenvalue weighted by molar-refractivity contribution is 8.01. The Morgan fingerprint density at radius 2 is 2.08 bits per heavy atom.